The predicted molar refractivity (Wildman–Crippen MR) is 75.4 cm³/mol. The number of amides is 1. The third-order valence-corrected chi connectivity index (χ3v) is 3.53. The Bertz CT molecular complexity index is 562. The molecular formula is C12H17N5OS. The van der Waals surface area contributed by atoms with Crippen LogP contribution in [0.5, 0.6) is 0 Å². The molecule has 2 heterocycles. The molecule has 2 rings (SSSR count). The molecule has 1 unspecified atom stereocenters. The summed E-state index contributed by atoms with van der Waals surface area (Å²) in [7, 11) is 1.73. The molecule has 2 aromatic heterocycles. The highest BCUT2D eigenvalue weighted by molar-refractivity contribution is 7.14. The number of nitrogens with one attached hydrogen (secondary N) is 2. The van der Waals surface area contributed by atoms with Crippen molar-refractivity contribution < 1.29 is 4.79 Å². The second-order valence-corrected chi connectivity index (χ2v) is 5.01. The molecule has 7 heteroatoms. The van der Waals surface area contributed by atoms with Crippen molar-refractivity contribution in [3.63, 3.8) is 0 Å². The van der Waals surface area contributed by atoms with Gasteiger partial charge >= 0.3 is 0 Å². The van der Waals surface area contributed by atoms with Crippen LogP contribution in [0.2, 0.25) is 0 Å². The van der Waals surface area contributed by atoms with E-state index in [9.17, 15) is 4.79 Å². The largest absolute Gasteiger partial charge is 0.309 e. The quantitative estimate of drug-likeness (QED) is 0.875. The van der Waals surface area contributed by atoms with Crippen LogP contribution in [-0.4, -0.2) is 27.2 Å². The highest BCUT2D eigenvalue weighted by atomic mass is 32.1. The zero-order valence-electron chi connectivity index (χ0n) is 11.2. The van der Waals surface area contributed by atoms with Crippen molar-refractivity contribution in [1.29, 1.82) is 0 Å². The van der Waals surface area contributed by atoms with E-state index in [1.165, 1.54) is 16.0 Å². The molecule has 0 spiro atoms. The molecular weight excluding hydrogens is 262 g/mol. The molecule has 0 radical (unpaired) electrons. The second-order valence-electron chi connectivity index (χ2n) is 4.15. The summed E-state index contributed by atoms with van der Waals surface area (Å²) in [6.45, 7) is 4.98. The minimum atomic E-state index is -0.197. The second kappa shape index (κ2) is 5.94. The minimum absolute atomic E-state index is 0.184. The van der Waals surface area contributed by atoms with E-state index in [1.807, 2.05) is 19.2 Å². The van der Waals surface area contributed by atoms with Gasteiger partial charge in [-0.05, 0) is 19.5 Å². The van der Waals surface area contributed by atoms with Gasteiger partial charge < -0.3 is 5.32 Å². The number of rotatable bonds is 5. The summed E-state index contributed by atoms with van der Waals surface area (Å²) in [5, 5.41) is 12.6. The Morgan fingerprint density at radius 3 is 3.00 bits per heavy atom. The summed E-state index contributed by atoms with van der Waals surface area (Å²) in [6.07, 6.45) is 1.59. The lowest BCUT2D eigenvalue weighted by Gasteiger charge is -2.08. The molecule has 19 heavy (non-hydrogen) atoms. The SMILES string of the molecule is CCNC(C)c1csc(NC(=O)c2ccnn2C)n1. The number of hydrogen-bond acceptors (Lipinski definition) is 5. The van der Waals surface area contributed by atoms with Gasteiger partial charge in [-0.25, -0.2) is 4.98 Å². The third kappa shape index (κ3) is 3.18. The summed E-state index contributed by atoms with van der Waals surface area (Å²) >= 11 is 1.42. The maximum Gasteiger partial charge on any atom is 0.275 e. The molecule has 0 saturated carbocycles. The van der Waals surface area contributed by atoms with Crippen molar-refractivity contribution in [3.8, 4) is 0 Å². The Kier molecular flexibility index (Phi) is 4.28. The van der Waals surface area contributed by atoms with Crippen molar-refractivity contribution in [2.75, 3.05) is 11.9 Å². The molecule has 0 bridgehead atoms. The Morgan fingerprint density at radius 2 is 2.37 bits per heavy atom. The van der Waals surface area contributed by atoms with E-state index in [0.29, 0.717) is 10.8 Å². The van der Waals surface area contributed by atoms with Gasteiger partial charge in [-0.1, -0.05) is 6.92 Å². The molecule has 1 amide bonds. The standard InChI is InChI=1S/C12H17N5OS/c1-4-13-8(2)9-7-19-12(15-9)16-11(18)10-5-6-14-17(10)3/h5-8,13H,4H2,1-3H3,(H,15,16,18). The fourth-order valence-corrected chi connectivity index (χ4v) is 2.51. The normalized spacial score (nSPS) is 12.4. The lowest BCUT2D eigenvalue weighted by molar-refractivity contribution is 0.101. The van der Waals surface area contributed by atoms with Crippen LogP contribution in [0, 0.1) is 0 Å². The molecule has 1 atom stereocenters. The van der Waals surface area contributed by atoms with Crippen molar-refractivity contribution in [3.05, 3.63) is 29.0 Å². The summed E-state index contributed by atoms with van der Waals surface area (Å²) in [4.78, 5) is 16.4. The van der Waals surface area contributed by atoms with Gasteiger partial charge in [0.2, 0.25) is 0 Å². The number of aromatic nitrogens is 3. The van der Waals surface area contributed by atoms with Crippen molar-refractivity contribution >= 4 is 22.4 Å². The Hall–Kier alpha value is -1.73. The number of aryl methyl sites for hydroxylation is 1. The van der Waals surface area contributed by atoms with Gasteiger partial charge in [-0.15, -0.1) is 11.3 Å². The summed E-state index contributed by atoms with van der Waals surface area (Å²) in [5.41, 5.74) is 1.45. The first-order chi connectivity index (χ1) is 9.11. The number of hydrogen-bond donors (Lipinski definition) is 2. The van der Waals surface area contributed by atoms with Crippen LogP contribution >= 0.6 is 11.3 Å². The fraction of sp³-hybridized carbons (Fsp3) is 0.417. The van der Waals surface area contributed by atoms with Gasteiger partial charge in [0.05, 0.1) is 5.69 Å². The number of carbonyl (C=O) groups excluding carboxylic acids is 1. The van der Waals surface area contributed by atoms with Crippen molar-refractivity contribution in [2.45, 2.75) is 19.9 Å². The first-order valence-corrected chi connectivity index (χ1v) is 6.98. The third-order valence-electron chi connectivity index (χ3n) is 2.75. The van der Waals surface area contributed by atoms with Crippen LogP contribution < -0.4 is 10.6 Å². The van der Waals surface area contributed by atoms with Crippen LogP contribution in [0.4, 0.5) is 5.13 Å². The lowest BCUT2D eigenvalue weighted by atomic mass is 10.3. The number of anilines is 1. The number of nitrogens with zero attached hydrogens (tertiary/aromatic N) is 3. The summed E-state index contributed by atoms with van der Waals surface area (Å²) in [6, 6.07) is 1.86. The maximum absolute atomic E-state index is 12.0. The smallest absolute Gasteiger partial charge is 0.275 e. The fourth-order valence-electron chi connectivity index (χ4n) is 1.71. The van der Waals surface area contributed by atoms with Gasteiger partial charge in [0.25, 0.3) is 5.91 Å². The average molecular weight is 279 g/mol. The predicted octanol–water partition coefficient (Wildman–Crippen LogP) is 1.80. The van der Waals surface area contributed by atoms with Gasteiger partial charge in [0, 0.05) is 24.7 Å². The van der Waals surface area contributed by atoms with E-state index in [2.05, 4.69) is 20.7 Å². The van der Waals surface area contributed by atoms with Crippen LogP contribution in [-0.2, 0) is 7.05 Å². The van der Waals surface area contributed by atoms with Gasteiger partial charge in [-0.3, -0.25) is 14.8 Å². The van der Waals surface area contributed by atoms with E-state index in [0.717, 1.165) is 12.2 Å². The van der Waals surface area contributed by atoms with Crippen LogP contribution in [0.1, 0.15) is 36.1 Å². The molecule has 6 nitrogen and oxygen atoms in total. The average Bonchev–Trinajstić information content (AvgIpc) is 2.98. The molecule has 0 saturated heterocycles. The van der Waals surface area contributed by atoms with E-state index >= 15 is 0 Å². The van der Waals surface area contributed by atoms with Crippen molar-refractivity contribution in [1.82, 2.24) is 20.1 Å². The van der Waals surface area contributed by atoms with Gasteiger partial charge in [-0.2, -0.15) is 5.10 Å². The zero-order valence-corrected chi connectivity index (χ0v) is 12.0. The van der Waals surface area contributed by atoms with E-state index in [1.54, 1.807) is 19.3 Å². The Morgan fingerprint density at radius 1 is 1.58 bits per heavy atom. The summed E-state index contributed by atoms with van der Waals surface area (Å²) in [5.74, 6) is -0.197. The highest BCUT2D eigenvalue weighted by Gasteiger charge is 2.14. The maximum atomic E-state index is 12.0. The lowest BCUT2D eigenvalue weighted by Crippen LogP contribution is -2.18. The van der Waals surface area contributed by atoms with Crippen LogP contribution in [0.15, 0.2) is 17.6 Å². The molecule has 0 aromatic carbocycles. The molecule has 0 fully saturated rings. The minimum Gasteiger partial charge on any atom is -0.309 e. The van der Waals surface area contributed by atoms with E-state index < -0.39 is 0 Å². The van der Waals surface area contributed by atoms with Crippen LogP contribution in [0.3, 0.4) is 0 Å². The monoisotopic (exact) mass is 279 g/mol. The zero-order chi connectivity index (χ0) is 13.8. The molecule has 0 aliphatic heterocycles. The van der Waals surface area contributed by atoms with Gasteiger partial charge in [0.1, 0.15) is 5.69 Å². The van der Waals surface area contributed by atoms with E-state index in [4.69, 9.17) is 0 Å². The number of thiazole rings is 1. The highest BCUT2D eigenvalue weighted by Crippen LogP contribution is 2.20. The first-order valence-electron chi connectivity index (χ1n) is 6.10. The van der Waals surface area contributed by atoms with Gasteiger partial charge in [0.15, 0.2) is 5.13 Å². The summed E-state index contributed by atoms with van der Waals surface area (Å²) < 4.78 is 1.53. The Balaban J connectivity index is 2.04. The molecule has 102 valence electrons. The Labute approximate surface area is 115 Å². The van der Waals surface area contributed by atoms with E-state index in [-0.39, 0.29) is 11.9 Å². The molecule has 2 aromatic rings. The molecule has 0 aliphatic carbocycles. The molecule has 0 aliphatic rings. The van der Waals surface area contributed by atoms with Crippen molar-refractivity contribution in [2.24, 2.45) is 7.05 Å². The number of carbonyl (C=O) groups is 1. The molecule has 2 N–H and O–H groups in total. The van der Waals surface area contributed by atoms with Crippen LogP contribution in [0.25, 0.3) is 0 Å². The topological polar surface area (TPSA) is 71.8 Å². The first kappa shape index (κ1) is 13.7.